The molecule has 0 aromatic carbocycles. The van der Waals surface area contributed by atoms with Gasteiger partial charge >= 0.3 is 0 Å². The van der Waals surface area contributed by atoms with Gasteiger partial charge in [-0.2, -0.15) is 0 Å². The highest BCUT2D eigenvalue weighted by atomic mass is 79.9. The summed E-state index contributed by atoms with van der Waals surface area (Å²) in [6, 6.07) is 0. The summed E-state index contributed by atoms with van der Waals surface area (Å²) in [7, 11) is 3.97. The van der Waals surface area contributed by atoms with E-state index < -0.39 is 0 Å². The number of nitrogens with zero attached hydrogens (tertiary/aromatic N) is 3. The van der Waals surface area contributed by atoms with Crippen molar-refractivity contribution >= 4 is 21.7 Å². The summed E-state index contributed by atoms with van der Waals surface area (Å²) in [5.74, 6) is 1.62. The maximum absolute atomic E-state index is 5.80. The molecule has 1 aliphatic rings. The van der Waals surface area contributed by atoms with Crippen LogP contribution in [0.5, 0.6) is 0 Å². The topological polar surface area (TPSA) is 50.3 Å². The number of halogens is 1. The summed E-state index contributed by atoms with van der Waals surface area (Å²) in [5, 5.41) is 3.12. The normalized spacial score (nSPS) is 20.5. The van der Waals surface area contributed by atoms with Crippen LogP contribution in [0.4, 0.5) is 5.82 Å². The van der Waals surface area contributed by atoms with Gasteiger partial charge in [0.15, 0.2) is 5.82 Å². The van der Waals surface area contributed by atoms with Gasteiger partial charge in [0.25, 0.3) is 0 Å². The van der Waals surface area contributed by atoms with Crippen LogP contribution in [0.1, 0.15) is 31.0 Å². The van der Waals surface area contributed by atoms with Crippen LogP contribution >= 0.6 is 15.9 Å². The Morgan fingerprint density at radius 3 is 2.89 bits per heavy atom. The molecule has 0 aliphatic carbocycles. The van der Waals surface area contributed by atoms with Crippen molar-refractivity contribution in [2.45, 2.75) is 25.9 Å². The fraction of sp³-hybridized carbons (Fsp3) is 0.692. The van der Waals surface area contributed by atoms with Crippen molar-refractivity contribution in [1.82, 2.24) is 14.9 Å². The highest BCUT2D eigenvalue weighted by Crippen LogP contribution is 2.28. The Hall–Kier alpha value is -0.720. The van der Waals surface area contributed by atoms with E-state index >= 15 is 0 Å². The van der Waals surface area contributed by atoms with Crippen LogP contribution in [0.25, 0.3) is 0 Å². The third kappa shape index (κ3) is 3.43. The number of morpholine rings is 1. The van der Waals surface area contributed by atoms with E-state index in [-0.39, 0.29) is 6.10 Å². The SMILES string of the molecule is CCCc1nc(C2CN(C)CCO2)nc(NC)c1Br. The molecule has 1 N–H and O–H groups in total. The molecule has 6 heteroatoms. The molecule has 1 aliphatic heterocycles. The van der Waals surface area contributed by atoms with Crippen LogP contribution in [0.3, 0.4) is 0 Å². The zero-order valence-electron chi connectivity index (χ0n) is 11.7. The smallest absolute Gasteiger partial charge is 0.161 e. The summed E-state index contributed by atoms with van der Waals surface area (Å²) in [5.41, 5.74) is 1.05. The van der Waals surface area contributed by atoms with Gasteiger partial charge in [0.2, 0.25) is 0 Å². The first-order valence-electron chi connectivity index (χ1n) is 6.70. The summed E-state index contributed by atoms with van der Waals surface area (Å²) in [6.45, 7) is 4.70. The lowest BCUT2D eigenvalue weighted by Gasteiger charge is -2.29. The quantitative estimate of drug-likeness (QED) is 0.918. The van der Waals surface area contributed by atoms with E-state index in [1.807, 2.05) is 7.05 Å². The maximum atomic E-state index is 5.80. The van der Waals surface area contributed by atoms with Gasteiger partial charge in [-0.15, -0.1) is 0 Å². The number of nitrogens with one attached hydrogen (secondary N) is 1. The van der Waals surface area contributed by atoms with Crippen molar-refractivity contribution in [2.24, 2.45) is 0 Å². The van der Waals surface area contributed by atoms with Crippen molar-refractivity contribution in [3.05, 3.63) is 16.0 Å². The first kappa shape index (κ1) is 14.7. The minimum atomic E-state index is -0.0328. The second-order valence-corrected chi connectivity index (χ2v) is 5.61. The third-order valence-electron chi connectivity index (χ3n) is 3.22. The van der Waals surface area contributed by atoms with Gasteiger partial charge in [-0.05, 0) is 29.4 Å². The number of rotatable bonds is 4. The van der Waals surface area contributed by atoms with Crippen molar-refractivity contribution in [1.29, 1.82) is 0 Å². The standard InChI is InChI=1S/C13H21BrN4O/c1-4-5-9-11(14)13(15-2)17-12(16-9)10-8-18(3)6-7-19-10/h10H,4-8H2,1-3H3,(H,15,16,17). The third-order valence-corrected chi connectivity index (χ3v) is 4.05. The van der Waals surface area contributed by atoms with Crippen molar-refractivity contribution in [2.75, 3.05) is 39.1 Å². The molecular weight excluding hydrogens is 308 g/mol. The van der Waals surface area contributed by atoms with Gasteiger partial charge in [0, 0.05) is 20.1 Å². The van der Waals surface area contributed by atoms with Crippen LogP contribution in [0, 0.1) is 0 Å². The lowest BCUT2D eigenvalue weighted by atomic mass is 10.2. The second kappa shape index (κ2) is 6.63. The number of ether oxygens (including phenoxy) is 1. The summed E-state index contributed by atoms with van der Waals surface area (Å²) >= 11 is 3.57. The van der Waals surface area contributed by atoms with Crippen molar-refractivity contribution in [3.8, 4) is 0 Å². The van der Waals surface area contributed by atoms with Crippen molar-refractivity contribution in [3.63, 3.8) is 0 Å². The number of hydrogen-bond acceptors (Lipinski definition) is 5. The summed E-state index contributed by atoms with van der Waals surface area (Å²) < 4.78 is 6.76. The van der Waals surface area contributed by atoms with Gasteiger partial charge in [0.1, 0.15) is 11.9 Å². The van der Waals surface area contributed by atoms with E-state index in [9.17, 15) is 0 Å². The molecule has 1 aromatic heterocycles. The van der Waals surface area contributed by atoms with Gasteiger partial charge in [-0.25, -0.2) is 9.97 Å². The Morgan fingerprint density at radius 2 is 2.26 bits per heavy atom. The van der Waals surface area contributed by atoms with Gasteiger partial charge in [-0.3, -0.25) is 0 Å². The monoisotopic (exact) mass is 328 g/mol. The summed E-state index contributed by atoms with van der Waals surface area (Å²) in [6.07, 6.45) is 1.96. The van der Waals surface area contributed by atoms with Crippen LogP contribution < -0.4 is 5.32 Å². The highest BCUT2D eigenvalue weighted by Gasteiger charge is 2.24. The molecule has 1 unspecified atom stereocenters. The zero-order valence-corrected chi connectivity index (χ0v) is 13.3. The molecule has 2 rings (SSSR count). The van der Waals surface area contributed by atoms with Gasteiger partial charge in [0.05, 0.1) is 16.8 Å². The van der Waals surface area contributed by atoms with E-state index in [1.54, 1.807) is 0 Å². The first-order valence-corrected chi connectivity index (χ1v) is 7.49. The van der Waals surface area contributed by atoms with E-state index in [2.05, 4.69) is 50.1 Å². The fourth-order valence-corrected chi connectivity index (χ4v) is 2.73. The number of hydrogen-bond donors (Lipinski definition) is 1. The van der Waals surface area contributed by atoms with E-state index in [0.717, 1.165) is 54.3 Å². The second-order valence-electron chi connectivity index (χ2n) is 4.81. The highest BCUT2D eigenvalue weighted by molar-refractivity contribution is 9.10. The Bertz CT molecular complexity index is 441. The zero-order chi connectivity index (χ0) is 13.8. The molecule has 0 amide bonds. The van der Waals surface area contributed by atoms with Crippen LogP contribution in [-0.4, -0.2) is 48.7 Å². The van der Waals surface area contributed by atoms with Gasteiger partial charge < -0.3 is 15.0 Å². The Labute approximate surface area is 122 Å². The minimum absolute atomic E-state index is 0.0328. The molecule has 0 bridgehead atoms. The molecule has 2 heterocycles. The maximum Gasteiger partial charge on any atom is 0.161 e. The number of aromatic nitrogens is 2. The predicted octanol–water partition coefficient (Wildman–Crippen LogP) is 2.24. The lowest BCUT2D eigenvalue weighted by Crippen LogP contribution is -2.36. The molecule has 1 atom stereocenters. The van der Waals surface area contributed by atoms with Crippen molar-refractivity contribution < 1.29 is 4.74 Å². The Balaban J connectivity index is 2.31. The fourth-order valence-electron chi connectivity index (χ4n) is 2.16. The molecule has 19 heavy (non-hydrogen) atoms. The molecule has 1 fully saturated rings. The molecule has 0 saturated carbocycles. The number of anilines is 1. The van der Waals surface area contributed by atoms with Gasteiger partial charge in [-0.1, -0.05) is 13.3 Å². The summed E-state index contributed by atoms with van der Waals surface area (Å²) in [4.78, 5) is 11.5. The first-order chi connectivity index (χ1) is 9.15. The molecule has 1 aromatic rings. The number of likely N-dealkylation sites (N-methyl/N-ethyl adjacent to an activating group) is 1. The Morgan fingerprint density at radius 1 is 1.47 bits per heavy atom. The predicted molar refractivity (Wildman–Crippen MR) is 79.5 cm³/mol. The molecule has 0 radical (unpaired) electrons. The molecule has 1 saturated heterocycles. The van der Waals surface area contributed by atoms with Crippen LogP contribution in [0.15, 0.2) is 4.47 Å². The average Bonchev–Trinajstić information content (AvgIpc) is 2.41. The van der Waals surface area contributed by atoms with E-state index in [0.29, 0.717) is 0 Å². The van der Waals surface area contributed by atoms with Crippen LogP contribution in [-0.2, 0) is 11.2 Å². The van der Waals surface area contributed by atoms with E-state index in [1.165, 1.54) is 0 Å². The lowest BCUT2D eigenvalue weighted by molar-refractivity contribution is -0.0255. The number of aryl methyl sites for hydroxylation is 1. The van der Waals surface area contributed by atoms with Crippen LogP contribution in [0.2, 0.25) is 0 Å². The molecule has 5 nitrogen and oxygen atoms in total. The average molecular weight is 329 g/mol. The molecular formula is C13H21BrN4O. The molecule has 0 spiro atoms. The minimum Gasteiger partial charge on any atom is -0.372 e. The van der Waals surface area contributed by atoms with E-state index in [4.69, 9.17) is 4.74 Å². The molecule has 106 valence electrons. The largest absolute Gasteiger partial charge is 0.372 e. The Kier molecular flexibility index (Phi) is 5.13.